The van der Waals surface area contributed by atoms with Gasteiger partial charge in [0, 0.05) is 18.7 Å². The van der Waals surface area contributed by atoms with Crippen molar-refractivity contribution in [3.8, 4) is 0 Å². The Hall–Kier alpha value is -3.18. The number of aryl methyl sites for hydroxylation is 3. The first kappa shape index (κ1) is 22.6. The van der Waals surface area contributed by atoms with Crippen LogP contribution in [0.3, 0.4) is 0 Å². The van der Waals surface area contributed by atoms with Gasteiger partial charge in [0.15, 0.2) is 5.69 Å². The van der Waals surface area contributed by atoms with Crippen LogP contribution in [0.5, 0.6) is 0 Å². The highest BCUT2D eigenvalue weighted by Crippen LogP contribution is 2.45. The zero-order valence-corrected chi connectivity index (χ0v) is 20.6. The first-order chi connectivity index (χ1) is 16.4. The second-order valence-corrected chi connectivity index (χ2v) is 9.66. The van der Waals surface area contributed by atoms with Crippen molar-refractivity contribution in [3.63, 3.8) is 0 Å². The Labute approximate surface area is 205 Å². The van der Waals surface area contributed by atoms with Gasteiger partial charge >= 0.3 is 0 Å². The average Bonchev–Trinajstić information content (AvgIpc) is 3.42. The molecule has 0 N–H and O–H groups in total. The maximum atomic E-state index is 13.7. The standard InChI is InChI=1S/C28H29ClN4O/c1-4-32-17-24(29)26(30-32)28(34)33-27(21-14-10-19(3)11-15-21)23-7-5-6-22(25(23)31-33)16-20-12-8-18(2)9-13-20/h8-17,23,27H,4-7H2,1-3H3/b22-16+/t23-,27+/m0/s1. The number of aromatic nitrogens is 2. The summed E-state index contributed by atoms with van der Waals surface area (Å²) in [6, 6.07) is 16.8. The molecule has 2 atom stereocenters. The Kier molecular flexibility index (Phi) is 6.13. The van der Waals surface area contributed by atoms with Crippen LogP contribution in [-0.4, -0.2) is 26.4 Å². The van der Waals surface area contributed by atoms with E-state index in [1.54, 1.807) is 15.9 Å². The molecule has 0 saturated heterocycles. The Morgan fingerprint density at radius 1 is 1.09 bits per heavy atom. The summed E-state index contributed by atoms with van der Waals surface area (Å²) in [5.41, 5.74) is 7.15. The van der Waals surface area contributed by atoms with Crippen LogP contribution in [0.25, 0.3) is 6.08 Å². The number of allylic oxidation sites excluding steroid dienone is 1. The van der Waals surface area contributed by atoms with Gasteiger partial charge in [-0.2, -0.15) is 10.2 Å². The first-order valence-corrected chi connectivity index (χ1v) is 12.3. The second kappa shape index (κ2) is 9.22. The lowest BCUT2D eigenvalue weighted by Gasteiger charge is -2.29. The summed E-state index contributed by atoms with van der Waals surface area (Å²) >= 11 is 6.42. The number of fused-ring (bicyclic) bond motifs is 1. The van der Waals surface area contributed by atoms with Crippen molar-refractivity contribution in [1.82, 2.24) is 14.8 Å². The van der Waals surface area contributed by atoms with E-state index in [0.29, 0.717) is 11.6 Å². The molecule has 0 bridgehead atoms. The molecule has 1 aliphatic heterocycles. The molecule has 1 fully saturated rings. The molecule has 1 saturated carbocycles. The lowest BCUT2D eigenvalue weighted by molar-refractivity contribution is 0.0674. The van der Waals surface area contributed by atoms with Gasteiger partial charge in [-0.3, -0.25) is 9.48 Å². The number of benzene rings is 2. The van der Waals surface area contributed by atoms with E-state index in [1.165, 1.54) is 16.7 Å². The zero-order valence-electron chi connectivity index (χ0n) is 19.8. The van der Waals surface area contributed by atoms with Crippen LogP contribution in [0.1, 0.15) is 65.0 Å². The SMILES string of the molecule is CCn1cc(Cl)c(C(=O)N2N=C3/C(=C/c4ccc(C)cc4)CCC[C@@H]3[C@H]2c2ccc(C)cc2)n1. The Bertz CT molecular complexity index is 1270. The van der Waals surface area contributed by atoms with Gasteiger partial charge in [0.05, 0.1) is 16.8 Å². The minimum atomic E-state index is -0.251. The van der Waals surface area contributed by atoms with Gasteiger partial charge in [-0.1, -0.05) is 71.3 Å². The summed E-state index contributed by atoms with van der Waals surface area (Å²) in [6.07, 6.45) is 6.94. The van der Waals surface area contributed by atoms with E-state index in [-0.39, 0.29) is 23.6 Å². The maximum absolute atomic E-state index is 13.7. The van der Waals surface area contributed by atoms with Crippen LogP contribution in [0, 0.1) is 19.8 Å². The van der Waals surface area contributed by atoms with Crippen molar-refractivity contribution in [2.45, 2.75) is 52.6 Å². The lowest BCUT2D eigenvalue weighted by atomic mass is 9.77. The number of hydrazone groups is 1. The van der Waals surface area contributed by atoms with Gasteiger partial charge in [0.1, 0.15) is 0 Å². The molecule has 2 heterocycles. The molecule has 5 rings (SSSR count). The predicted molar refractivity (Wildman–Crippen MR) is 137 cm³/mol. The number of nitrogens with zero attached hydrogens (tertiary/aromatic N) is 4. The summed E-state index contributed by atoms with van der Waals surface area (Å²) in [6.45, 7) is 6.78. The molecule has 1 amide bonds. The van der Waals surface area contributed by atoms with E-state index < -0.39 is 0 Å². The molecule has 0 spiro atoms. The van der Waals surface area contributed by atoms with Crippen LogP contribution < -0.4 is 0 Å². The van der Waals surface area contributed by atoms with Gasteiger partial charge in [-0.15, -0.1) is 0 Å². The van der Waals surface area contributed by atoms with Crippen LogP contribution in [0.2, 0.25) is 5.02 Å². The highest BCUT2D eigenvalue weighted by atomic mass is 35.5. The molecule has 5 nitrogen and oxygen atoms in total. The number of rotatable bonds is 4. The third-order valence-corrected chi connectivity index (χ3v) is 7.07. The van der Waals surface area contributed by atoms with Gasteiger partial charge in [0.2, 0.25) is 0 Å². The molecule has 174 valence electrons. The maximum Gasteiger partial charge on any atom is 0.296 e. The minimum absolute atomic E-state index is 0.143. The molecule has 2 aromatic carbocycles. The van der Waals surface area contributed by atoms with E-state index in [2.05, 4.69) is 73.6 Å². The molecular formula is C28H29ClN4O. The van der Waals surface area contributed by atoms with Crippen molar-refractivity contribution in [1.29, 1.82) is 0 Å². The van der Waals surface area contributed by atoms with Gasteiger partial charge < -0.3 is 0 Å². The molecule has 34 heavy (non-hydrogen) atoms. The van der Waals surface area contributed by atoms with Crippen molar-refractivity contribution < 1.29 is 4.79 Å². The predicted octanol–water partition coefficient (Wildman–Crippen LogP) is 6.61. The van der Waals surface area contributed by atoms with E-state index in [9.17, 15) is 4.79 Å². The van der Waals surface area contributed by atoms with Gasteiger partial charge in [-0.25, -0.2) is 5.01 Å². The van der Waals surface area contributed by atoms with Crippen molar-refractivity contribution in [3.05, 3.63) is 93.3 Å². The molecule has 0 radical (unpaired) electrons. The molecule has 3 aromatic rings. The lowest BCUT2D eigenvalue weighted by Crippen LogP contribution is -2.32. The third-order valence-electron chi connectivity index (χ3n) is 6.79. The Morgan fingerprint density at radius 2 is 1.76 bits per heavy atom. The van der Waals surface area contributed by atoms with Crippen LogP contribution in [0.15, 0.2) is 65.4 Å². The Balaban J connectivity index is 1.58. The summed E-state index contributed by atoms with van der Waals surface area (Å²) in [5.74, 6) is -0.108. The second-order valence-electron chi connectivity index (χ2n) is 9.25. The molecule has 1 aromatic heterocycles. The number of amides is 1. The monoisotopic (exact) mass is 472 g/mol. The van der Waals surface area contributed by atoms with Crippen LogP contribution >= 0.6 is 11.6 Å². The van der Waals surface area contributed by atoms with E-state index >= 15 is 0 Å². The first-order valence-electron chi connectivity index (χ1n) is 11.9. The molecule has 2 aliphatic rings. The van der Waals surface area contributed by atoms with Gasteiger partial charge in [-0.05, 0) is 62.8 Å². The fourth-order valence-corrected chi connectivity index (χ4v) is 5.17. The number of hydrogen-bond donors (Lipinski definition) is 0. The normalized spacial score (nSPS) is 21.0. The third kappa shape index (κ3) is 4.21. The molecule has 6 heteroatoms. The highest BCUT2D eigenvalue weighted by molar-refractivity contribution is 6.33. The summed E-state index contributed by atoms with van der Waals surface area (Å²) in [5, 5.41) is 11.4. The van der Waals surface area contributed by atoms with Crippen molar-refractivity contribution >= 4 is 29.3 Å². The average molecular weight is 473 g/mol. The van der Waals surface area contributed by atoms with E-state index in [1.807, 2.05) is 6.92 Å². The number of halogens is 1. The van der Waals surface area contributed by atoms with Crippen molar-refractivity contribution in [2.24, 2.45) is 11.0 Å². The number of carbonyl (C=O) groups is 1. The zero-order chi connectivity index (χ0) is 23.8. The quantitative estimate of drug-likeness (QED) is 0.429. The summed E-state index contributed by atoms with van der Waals surface area (Å²) in [7, 11) is 0. The minimum Gasteiger partial charge on any atom is -0.271 e. The van der Waals surface area contributed by atoms with E-state index in [0.717, 1.165) is 36.1 Å². The number of carbonyl (C=O) groups excluding carboxylic acids is 1. The molecular weight excluding hydrogens is 444 g/mol. The number of hydrogen-bond acceptors (Lipinski definition) is 3. The van der Waals surface area contributed by atoms with E-state index in [4.69, 9.17) is 16.7 Å². The topological polar surface area (TPSA) is 50.5 Å². The highest BCUT2D eigenvalue weighted by Gasteiger charge is 2.44. The van der Waals surface area contributed by atoms with Gasteiger partial charge in [0.25, 0.3) is 5.91 Å². The van der Waals surface area contributed by atoms with Crippen LogP contribution in [-0.2, 0) is 6.54 Å². The van der Waals surface area contributed by atoms with Crippen LogP contribution in [0.4, 0.5) is 0 Å². The molecule has 1 aliphatic carbocycles. The Morgan fingerprint density at radius 3 is 2.41 bits per heavy atom. The van der Waals surface area contributed by atoms with Crippen molar-refractivity contribution in [2.75, 3.05) is 0 Å². The molecule has 0 unspecified atom stereocenters. The smallest absolute Gasteiger partial charge is 0.271 e. The largest absolute Gasteiger partial charge is 0.296 e. The summed E-state index contributed by atoms with van der Waals surface area (Å²) < 4.78 is 1.69. The fourth-order valence-electron chi connectivity index (χ4n) is 4.94. The fraction of sp³-hybridized carbons (Fsp3) is 0.321. The summed E-state index contributed by atoms with van der Waals surface area (Å²) in [4.78, 5) is 13.7.